The molecule has 0 radical (unpaired) electrons. The lowest BCUT2D eigenvalue weighted by Gasteiger charge is -2.30. The summed E-state index contributed by atoms with van der Waals surface area (Å²) in [5, 5.41) is 3.34. The zero-order valence-electron chi connectivity index (χ0n) is 12.3. The predicted molar refractivity (Wildman–Crippen MR) is 82.5 cm³/mol. The minimum atomic E-state index is 0.257. The summed E-state index contributed by atoms with van der Waals surface area (Å²) in [6, 6.07) is 6.69. The molecule has 3 heteroatoms. The van der Waals surface area contributed by atoms with Crippen molar-refractivity contribution in [2.75, 3.05) is 25.5 Å². The molecule has 108 valence electrons. The lowest BCUT2D eigenvalue weighted by atomic mass is 9.94. The SMILES string of the molecule is CN(CC(=O)c1ccc2c(c1)CCN2)C1CCCCC1. The topological polar surface area (TPSA) is 32.3 Å². The Balaban J connectivity index is 1.63. The van der Waals surface area contributed by atoms with Gasteiger partial charge in [0.1, 0.15) is 0 Å². The van der Waals surface area contributed by atoms with E-state index in [4.69, 9.17) is 0 Å². The second-order valence-electron chi connectivity index (χ2n) is 6.18. The van der Waals surface area contributed by atoms with Crippen molar-refractivity contribution >= 4 is 11.5 Å². The smallest absolute Gasteiger partial charge is 0.176 e. The van der Waals surface area contributed by atoms with Crippen LogP contribution in [0, 0.1) is 0 Å². The van der Waals surface area contributed by atoms with Gasteiger partial charge in [-0.15, -0.1) is 0 Å². The molecular formula is C17H24N2O. The maximum Gasteiger partial charge on any atom is 0.176 e. The van der Waals surface area contributed by atoms with Crippen LogP contribution in [0.2, 0.25) is 0 Å². The fourth-order valence-electron chi connectivity index (χ4n) is 3.45. The summed E-state index contributed by atoms with van der Waals surface area (Å²) < 4.78 is 0. The predicted octanol–water partition coefficient (Wildman–Crippen LogP) is 3.10. The van der Waals surface area contributed by atoms with Crippen molar-refractivity contribution in [1.29, 1.82) is 0 Å². The molecule has 3 nitrogen and oxygen atoms in total. The van der Waals surface area contributed by atoms with E-state index in [1.807, 2.05) is 6.07 Å². The van der Waals surface area contributed by atoms with Crippen molar-refractivity contribution in [2.45, 2.75) is 44.6 Å². The van der Waals surface area contributed by atoms with Crippen LogP contribution in [-0.2, 0) is 6.42 Å². The molecule has 1 aromatic carbocycles. The third kappa shape index (κ3) is 2.88. The molecule has 0 atom stereocenters. The molecule has 0 amide bonds. The van der Waals surface area contributed by atoms with E-state index >= 15 is 0 Å². The average molecular weight is 272 g/mol. The minimum absolute atomic E-state index is 0.257. The fourth-order valence-corrected chi connectivity index (χ4v) is 3.45. The molecule has 3 rings (SSSR count). The first kappa shape index (κ1) is 13.6. The van der Waals surface area contributed by atoms with E-state index < -0.39 is 0 Å². The van der Waals surface area contributed by atoms with E-state index in [1.54, 1.807) is 0 Å². The number of fused-ring (bicyclic) bond motifs is 1. The van der Waals surface area contributed by atoms with E-state index in [9.17, 15) is 4.79 Å². The Morgan fingerprint density at radius 3 is 2.90 bits per heavy atom. The molecule has 1 fully saturated rings. The van der Waals surface area contributed by atoms with Crippen LogP contribution in [0.3, 0.4) is 0 Å². The highest BCUT2D eigenvalue weighted by atomic mass is 16.1. The number of carbonyl (C=O) groups is 1. The van der Waals surface area contributed by atoms with Crippen LogP contribution in [0.1, 0.15) is 48.0 Å². The molecule has 20 heavy (non-hydrogen) atoms. The van der Waals surface area contributed by atoms with Gasteiger partial charge in [0.15, 0.2) is 5.78 Å². The maximum atomic E-state index is 12.4. The van der Waals surface area contributed by atoms with Crippen molar-refractivity contribution in [3.63, 3.8) is 0 Å². The monoisotopic (exact) mass is 272 g/mol. The molecular weight excluding hydrogens is 248 g/mol. The summed E-state index contributed by atoms with van der Waals surface area (Å²) in [6.45, 7) is 1.55. The molecule has 0 spiro atoms. The molecule has 0 saturated heterocycles. The van der Waals surface area contributed by atoms with Gasteiger partial charge in [-0.05, 0) is 50.1 Å². The van der Waals surface area contributed by atoms with Crippen LogP contribution in [0.5, 0.6) is 0 Å². The summed E-state index contributed by atoms with van der Waals surface area (Å²) in [7, 11) is 2.10. The maximum absolute atomic E-state index is 12.4. The second kappa shape index (κ2) is 5.96. The summed E-state index contributed by atoms with van der Waals surface area (Å²) >= 11 is 0. The van der Waals surface area contributed by atoms with Crippen LogP contribution in [0.15, 0.2) is 18.2 Å². The lowest BCUT2D eigenvalue weighted by Crippen LogP contribution is -2.37. The number of nitrogens with zero attached hydrogens (tertiary/aromatic N) is 1. The van der Waals surface area contributed by atoms with Crippen LogP contribution in [0.25, 0.3) is 0 Å². The first-order valence-corrected chi connectivity index (χ1v) is 7.84. The molecule has 1 heterocycles. The summed E-state index contributed by atoms with van der Waals surface area (Å²) in [5.41, 5.74) is 3.36. The quantitative estimate of drug-likeness (QED) is 0.855. The van der Waals surface area contributed by atoms with E-state index in [2.05, 4.69) is 29.4 Å². The highest BCUT2D eigenvalue weighted by Gasteiger charge is 2.21. The van der Waals surface area contributed by atoms with Crippen LogP contribution in [-0.4, -0.2) is 36.9 Å². The van der Waals surface area contributed by atoms with Gasteiger partial charge in [-0.25, -0.2) is 0 Å². The van der Waals surface area contributed by atoms with Gasteiger partial charge < -0.3 is 5.32 Å². The van der Waals surface area contributed by atoms with E-state index in [-0.39, 0.29) is 5.78 Å². The first-order valence-electron chi connectivity index (χ1n) is 7.84. The average Bonchev–Trinajstić information content (AvgIpc) is 2.95. The van der Waals surface area contributed by atoms with Gasteiger partial charge in [0, 0.05) is 23.8 Å². The van der Waals surface area contributed by atoms with Crippen molar-refractivity contribution in [3.8, 4) is 0 Å². The van der Waals surface area contributed by atoms with Crippen LogP contribution >= 0.6 is 0 Å². The van der Waals surface area contributed by atoms with E-state index in [0.29, 0.717) is 12.6 Å². The largest absolute Gasteiger partial charge is 0.384 e. The molecule has 0 aromatic heterocycles. The Kier molecular flexibility index (Phi) is 4.06. The van der Waals surface area contributed by atoms with Gasteiger partial charge in [0.2, 0.25) is 0 Å². The van der Waals surface area contributed by atoms with Crippen molar-refractivity contribution in [2.24, 2.45) is 0 Å². The zero-order chi connectivity index (χ0) is 13.9. The number of ketones is 1. The van der Waals surface area contributed by atoms with Crippen molar-refractivity contribution in [3.05, 3.63) is 29.3 Å². The Morgan fingerprint density at radius 1 is 1.30 bits per heavy atom. The summed E-state index contributed by atoms with van der Waals surface area (Å²) in [4.78, 5) is 14.7. The zero-order valence-corrected chi connectivity index (χ0v) is 12.3. The third-order valence-corrected chi connectivity index (χ3v) is 4.73. The summed E-state index contributed by atoms with van der Waals surface area (Å²) in [5.74, 6) is 0.257. The molecule has 2 aliphatic rings. The van der Waals surface area contributed by atoms with E-state index in [1.165, 1.54) is 43.4 Å². The highest BCUT2D eigenvalue weighted by Crippen LogP contribution is 2.24. The standard InChI is InChI=1S/C17H24N2O/c1-19(15-5-3-2-4-6-15)12-17(20)14-7-8-16-13(11-14)9-10-18-16/h7-8,11,15,18H,2-6,9-10,12H2,1H3. The van der Waals surface area contributed by atoms with Gasteiger partial charge >= 0.3 is 0 Å². The number of nitrogens with one attached hydrogen (secondary N) is 1. The van der Waals surface area contributed by atoms with Crippen LogP contribution in [0.4, 0.5) is 5.69 Å². The number of Topliss-reactive ketones (excluding diaryl/α,β-unsaturated/α-hetero) is 1. The van der Waals surface area contributed by atoms with E-state index in [0.717, 1.165) is 18.5 Å². The van der Waals surface area contributed by atoms with Gasteiger partial charge in [-0.3, -0.25) is 9.69 Å². The van der Waals surface area contributed by atoms with Crippen molar-refractivity contribution in [1.82, 2.24) is 4.90 Å². The molecule has 1 N–H and O–H groups in total. The summed E-state index contributed by atoms with van der Waals surface area (Å²) in [6.07, 6.45) is 7.52. The number of benzene rings is 1. The van der Waals surface area contributed by atoms with Gasteiger partial charge in [0.05, 0.1) is 6.54 Å². The number of hydrogen-bond acceptors (Lipinski definition) is 3. The molecule has 1 aliphatic heterocycles. The van der Waals surface area contributed by atoms with Gasteiger partial charge in [0.25, 0.3) is 0 Å². The molecule has 0 bridgehead atoms. The first-order chi connectivity index (χ1) is 9.74. The molecule has 1 saturated carbocycles. The number of likely N-dealkylation sites (N-methyl/N-ethyl adjacent to an activating group) is 1. The number of carbonyl (C=O) groups excluding carboxylic acids is 1. The molecule has 0 unspecified atom stereocenters. The van der Waals surface area contributed by atoms with Crippen LogP contribution < -0.4 is 5.32 Å². The Hall–Kier alpha value is -1.35. The van der Waals surface area contributed by atoms with Gasteiger partial charge in [-0.1, -0.05) is 19.3 Å². The Morgan fingerprint density at radius 2 is 2.10 bits per heavy atom. The van der Waals surface area contributed by atoms with Crippen molar-refractivity contribution < 1.29 is 4.79 Å². The molecule has 1 aliphatic carbocycles. The Labute approximate surface area is 121 Å². The second-order valence-corrected chi connectivity index (χ2v) is 6.18. The number of anilines is 1. The lowest BCUT2D eigenvalue weighted by molar-refractivity contribution is 0.0899. The normalized spacial score (nSPS) is 18.9. The number of rotatable bonds is 4. The van der Waals surface area contributed by atoms with Gasteiger partial charge in [-0.2, -0.15) is 0 Å². The minimum Gasteiger partial charge on any atom is -0.384 e. The number of hydrogen-bond donors (Lipinski definition) is 1. The highest BCUT2D eigenvalue weighted by molar-refractivity contribution is 5.98. The fraction of sp³-hybridized carbons (Fsp3) is 0.588. The molecule has 1 aromatic rings. The third-order valence-electron chi connectivity index (χ3n) is 4.73. The Bertz CT molecular complexity index is 492.